The van der Waals surface area contributed by atoms with E-state index in [2.05, 4.69) is 70.4 Å². The van der Waals surface area contributed by atoms with Crippen LogP contribution < -0.4 is 4.90 Å². The molecule has 2 saturated heterocycles. The minimum atomic E-state index is 0. The van der Waals surface area contributed by atoms with E-state index in [1.807, 2.05) is 0 Å². The van der Waals surface area contributed by atoms with Crippen LogP contribution in [0.1, 0.15) is 5.56 Å². The zero-order valence-electron chi connectivity index (χ0n) is 14.1. The van der Waals surface area contributed by atoms with E-state index in [4.69, 9.17) is 0 Å². The zero-order chi connectivity index (χ0) is 15.1. The third-order valence-electron chi connectivity index (χ3n) is 4.96. The molecule has 1 aromatic carbocycles. The van der Waals surface area contributed by atoms with E-state index in [-0.39, 0.29) is 24.8 Å². The molecule has 2 aromatic rings. The first kappa shape index (κ1) is 19.0. The fourth-order valence-electron chi connectivity index (χ4n) is 3.87. The van der Waals surface area contributed by atoms with Crippen molar-refractivity contribution >= 4 is 30.6 Å². The molecule has 4 rings (SSSR count). The highest BCUT2D eigenvalue weighted by Gasteiger charge is 2.39. The molecule has 130 valence electrons. The normalized spacial score (nSPS) is 22.7. The molecule has 0 spiro atoms. The molecule has 0 unspecified atom stereocenters. The van der Waals surface area contributed by atoms with Crippen molar-refractivity contribution in [1.29, 1.82) is 0 Å². The lowest BCUT2D eigenvalue weighted by atomic mass is 10.0. The van der Waals surface area contributed by atoms with E-state index < -0.39 is 0 Å². The molecular formula is C18H24Cl2N4. The summed E-state index contributed by atoms with van der Waals surface area (Å²) >= 11 is 0. The Kier molecular flexibility index (Phi) is 6.07. The van der Waals surface area contributed by atoms with E-state index in [9.17, 15) is 0 Å². The number of halogens is 2. The van der Waals surface area contributed by atoms with Gasteiger partial charge in [0.1, 0.15) is 0 Å². The van der Waals surface area contributed by atoms with Crippen molar-refractivity contribution in [3.63, 3.8) is 0 Å². The second kappa shape index (κ2) is 7.68. The SMILES string of the molecule is Cc1cccc(-c2ccc(N3C[C@H]4CN(C)C[C@H]4C3)nn2)c1.Cl.Cl. The molecule has 0 N–H and O–H groups in total. The zero-order valence-corrected chi connectivity index (χ0v) is 15.7. The molecule has 0 aliphatic carbocycles. The summed E-state index contributed by atoms with van der Waals surface area (Å²) in [6.07, 6.45) is 0. The molecule has 2 aliphatic heterocycles. The maximum Gasteiger partial charge on any atom is 0.151 e. The Morgan fingerprint density at radius 2 is 1.62 bits per heavy atom. The summed E-state index contributed by atoms with van der Waals surface area (Å²) in [7, 11) is 2.22. The first-order valence-electron chi connectivity index (χ1n) is 8.03. The molecular weight excluding hydrogens is 343 g/mol. The fourth-order valence-corrected chi connectivity index (χ4v) is 3.87. The molecule has 0 amide bonds. The van der Waals surface area contributed by atoms with Crippen LogP contribution >= 0.6 is 24.8 Å². The first-order chi connectivity index (χ1) is 10.7. The van der Waals surface area contributed by atoms with Gasteiger partial charge in [0.05, 0.1) is 5.69 Å². The Bertz CT molecular complexity index is 663. The summed E-state index contributed by atoms with van der Waals surface area (Å²) in [5.41, 5.74) is 3.34. The summed E-state index contributed by atoms with van der Waals surface area (Å²) in [5.74, 6) is 2.61. The number of hydrogen-bond acceptors (Lipinski definition) is 4. The van der Waals surface area contributed by atoms with Gasteiger partial charge in [-0.3, -0.25) is 0 Å². The highest BCUT2D eigenvalue weighted by Crippen LogP contribution is 2.32. The van der Waals surface area contributed by atoms with Crippen molar-refractivity contribution < 1.29 is 0 Å². The Morgan fingerprint density at radius 3 is 2.21 bits per heavy atom. The molecule has 0 radical (unpaired) electrons. The van der Waals surface area contributed by atoms with Gasteiger partial charge in [0, 0.05) is 31.7 Å². The molecule has 3 heterocycles. The van der Waals surface area contributed by atoms with Gasteiger partial charge >= 0.3 is 0 Å². The van der Waals surface area contributed by atoms with Gasteiger partial charge in [-0.2, -0.15) is 0 Å². The van der Waals surface area contributed by atoms with Gasteiger partial charge in [-0.1, -0.05) is 23.8 Å². The summed E-state index contributed by atoms with van der Waals surface area (Å²) in [5, 5.41) is 8.92. The van der Waals surface area contributed by atoms with Gasteiger partial charge in [0.15, 0.2) is 5.82 Å². The van der Waals surface area contributed by atoms with E-state index in [0.29, 0.717) is 0 Å². The summed E-state index contributed by atoms with van der Waals surface area (Å²) < 4.78 is 0. The maximum absolute atomic E-state index is 4.48. The molecule has 1 aromatic heterocycles. The summed E-state index contributed by atoms with van der Waals surface area (Å²) in [6.45, 7) is 6.78. The molecule has 2 aliphatic rings. The van der Waals surface area contributed by atoms with Crippen LogP contribution in [0.15, 0.2) is 36.4 Å². The van der Waals surface area contributed by atoms with E-state index in [0.717, 1.165) is 42.0 Å². The van der Waals surface area contributed by atoms with Gasteiger partial charge in [0.25, 0.3) is 0 Å². The van der Waals surface area contributed by atoms with Crippen molar-refractivity contribution in [2.24, 2.45) is 11.8 Å². The number of rotatable bonds is 2. The van der Waals surface area contributed by atoms with Crippen molar-refractivity contribution in [3.05, 3.63) is 42.0 Å². The topological polar surface area (TPSA) is 32.3 Å². The van der Waals surface area contributed by atoms with Gasteiger partial charge in [-0.25, -0.2) is 0 Å². The predicted molar refractivity (Wildman–Crippen MR) is 103 cm³/mol. The van der Waals surface area contributed by atoms with Gasteiger partial charge in [-0.05, 0) is 44.0 Å². The average molecular weight is 367 g/mol. The minimum Gasteiger partial charge on any atom is -0.354 e. The van der Waals surface area contributed by atoms with E-state index in [1.54, 1.807) is 0 Å². The van der Waals surface area contributed by atoms with Crippen LogP contribution in [0.4, 0.5) is 5.82 Å². The molecule has 4 nitrogen and oxygen atoms in total. The number of nitrogens with zero attached hydrogens (tertiary/aromatic N) is 4. The maximum atomic E-state index is 4.48. The molecule has 2 atom stereocenters. The van der Waals surface area contributed by atoms with E-state index in [1.165, 1.54) is 18.7 Å². The van der Waals surface area contributed by atoms with E-state index >= 15 is 0 Å². The number of aromatic nitrogens is 2. The van der Waals surface area contributed by atoms with Crippen LogP contribution in [0.3, 0.4) is 0 Å². The van der Waals surface area contributed by atoms with Crippen molar-refractivity contribution in [3.8, 4) is 11.3 Å². The smallest absolute Gasteiger partial charge is 0.151 e. The highest BCUT2D eigenvalue weighted by atomic mass is 35.5. The van der Waals surface area contributed by atoms with Crippen molar-refractivity contribution in [1.82, 2.24) is 15.1 Å². The molecule has 0 saturated carbocycles. The largest absolute Gasteiger partial charge is 0.354 e. The van der Waals surface area contributed by atoms with Crippen LogP contribution in [-0.2, 0) is 0 Å². The second-order valence-electron chi connectivity index (χ2n) is 6.79. The molecule has 2 fully saturated rings. The number of hydrogen-bond donors (Lipinski definition) is 0. The average Bonchev–Trinajstić information content (AvgIpc) is 3.05. The van der Waals surface area contributed by atoms with Crippen molar-refractivity contribution in [2.45, 2.75) is 6.92 Å². The summed E-state index contributed by atoms with van der Waals surface area (Å²) in [4.78, 5) is 4.84. The number of likely N-dealkylation sites (tertiary alicyclic amines) is 1. The lowest BCUT2D eigenvalue weighted by Gasteiger charge is -2.19. The summed E-state index contributed by atoms with van der Waals surface area (Å²) in [6, 6.07) is 12.6. The molecule has 6 heteroatoms. The lowest BCUT2D eigenvalue weighted by molar-refractivity contribution is 0.387. The standard InChI is InChI=1S/C18H22N4.2ClH/c1-13-4-3-5-14(8-13)17-6-7-18(20-19-17)22-11-15-9-21(2)10-16(15)12-22;;/h3-8,15-16H,9-12H2,1-2H3;2*1H/t15-,16+;;. The number of fused-ring (bicyclic) bond motifs is 1. The second-order valence-corrected chi connectivity index (χ2v) is 6.79. The molecule has 24 heavy (non-hydrogen) atoms. The van der Waals surface area contributed by atoms with Crippen LogP contribution in [0.25, 0.3) is 11.3 Å². The van der Waals surface area contributed by atoms with Gasteiger partial charge in [-0.15, -0.1) is 35.0 Å². The van der Waals surface area contributed by atoms with Crippen LogP contribution in [-0.4, -0.2) is 48.3 Å². The third-order valence-corrected chi connectivity index (χ3v) is 4.96. The van der Waals surface area contributed by atoms with Crippen molar-refractivity contribution in [2.75, 3.05) is 38.1 Å². The Morgan fingerprint density at radius 1 is 0.917 bits per heavy atom. The fraction of sp³-hybridized carbons (Fsp3) is 0.444. The van der Waals surface area contributed by atoms with Gasteiger partial charge < -0.3 is 9.80 Å². The predicted octanol–water partition coefficient (Wildman–Crippen LogP) is 3.29. The van der Waals surface area contributed by atoms with Crippen LogP contribution in [0.5, 0.6) is 0 Å². The van der Waals surface area contributed by atoms with Crippen LogP contribution in [0, 0.1) is 18.8 Å². The Labute approximate surface area is 156 Å². The molecule has 0 bridgehead atoms. The Balaban J connectivity index is 0.00000104. The quantitative estimate of drug-likeness (QED) is 0.816. The van der Waals surface area contributed by atoms with Gasteiger partial charge in [0.2, 0.25) is 0 Å². The third kappa shape index (κ3) is 3.66. The first-order valence-corrected chi connectivity index (χ1v) is 8.03. The minimum absolute atomic E-state index is 0. The lowest BCUT2D eigenvalue weighted by Crippen LogP contribution is -2.27. The number of aryl methyl sites for hydroxylation is 1. The Hall–Kier alpha value is -1.36. The number of anilines is 1. The highest BCUT2D eigenvalue weighted by molar-refractivity contribution is 5.85. The monoisotopic (exact) mass is 366 g/mol. The number of benzene rings is 1. The van der Waals surface area contributed by atoms with Crippen LogP contribution in [0.2, 0.25) is 0 Å².